The molecule has 2 unspecified atom stereocenters. The van der Waals surface area contributed by atoms with Gasteiger partial charge in [0.1, 0.15) is 0 Å². The van der Waals surface area contributed by atoms with Crippen molar-refractivity contribution >= 4 is 21.7 Å². The van der Waals surface area contributed by atoms with E-state index in [1.54, 1.807) is 0 Å². The van der Waals surface area contributed by atoms with Crippen LogP contribution in [0.5, 0.6) is 0 Å². The predicted octanol–water partition coefficient (Wildman–Crippen LogP) is 6.58. The van der Waals surface area contributed by atoms with E-state index in [1.165, 1.54) is 56.7 Å². The second-order valence-corrected chi connectivity index (χ2v) is 8.18. The summed E-state index contributed by atoms with van der Waals surface area (Å²) in [6.45, 7) is 0. The molecule has 0 N–H and O–H groups in total. The van der Waals surface area contributed by atoms with E-state index < -0.39 is 0 Å². The number of fused-ring (bicyclic) bond motifs is 2. The van der Waals surface area contributed by atoms with Crippen molar-refractivity contribution < 1.29 is 26.2 Å². The second-order valence-electron chi connectivity index (χ2n) is 6.68. The summed E-state index contributed by atoms with van der Waals surface area (Å²) in [5.74, 6) is 0.883. The topological polar surface area (TPSA) is 0 Å². The molecule has 2 atom stereocenters. The fourth-order valence-corrected chi connectivity index (χ4v) is 4.99. The Kier molecular flexibility index (Phi) is 8.51. The molecule has 0 amide bonds. The molecular weight excluding hydrogens is 408 g/mol. The maximum Gasteiger partial charge on any atom is 2.00 e. The van der Waals surface area contributed by atoms with Gasteiger partial charge in [0.25, 0.3) is 0 Å². The zero-order valence-corrected chi connectivity index (χ0v) is 18.9. The van der Waals surface area contributed by atoms with Crippen LogP contribution < -0.4 is 0 Å². The van der Waals surface area contributed by atoms with Crippen molar-refractivity contribution in [2.45, 2.75) is 36.8 Å². The second kappa shape index (κ2) is 10.4. The smallest absolute Gasteiger partial charge is 0.358 e. The number of hydrogen-bond acceptors (Lipinski definition) is 0. The third-order valence-electron chi connectivity index (χ3n) is 5.05. The van der Waals surface area contributed by atoms with Crippen molar-refractivity contribution in [3.05, 3.63) is 96.8 Å². The first-order valence-electron chi connectivity index (χ1n) is 9.02. The average Bonchev–Trinajstić information content (AvgIpc) is 3.38. The Labute approximate surface area is 180 Å². The summed E-state index contributed by atoms with van der Waals surface area (Å²) >= 11 is 0. The minimum atomic E-state index is 0. The van der Waals surface area contributed by atoms with Gasteiger partial charge in [-0.2, -0.15) is 0 Å². The molecule has 2 aliphatic carbocycles. The molecule has 2 heteroatoms. The average molecular weight is 434 g/mol. The summed E-state index contributed by atoms with van der Waals surface area (Å²) < 4.78 is 0. The van der Waals surface area contributed by atoms with Crippen LogP contribution in [0.15, 0.2) is 60.7 Å². The van der Waals surface area contributed by atoms with Crippen LogP contribution in [0, 0.1) is 13.8 Å². The monoisotopic (exact) mass is 432 g/mol. The summed E-state index contributed by atoms with van der Waals surface area (Å²) in [5, 5.41) is 0. The normalized spacial score (nSPS) is 21.1. The zero-order valence-electron chi connectivity index (χ0n) is 15.5. The fourth-order valence-electron chi connectivity index (χ4n) is 3.74. The van der Waals surface area contributed by atoms with Crippen LogP contribution >= 0.6 is 0 Å². The van der Waals surface area contributed by atoms with E-state index in [-0.39, 0.29) is 33.6 Å². The molecule has 2 aromatic rings. The molecule has 3 aliphatic rings. The maximum atomic E-state index is 2.45. The molecule has 0 aromatic heterocycles. The van der Waals surface area contributed by atoms with Gasteiger partial charge in [-0.05, 0) is 11.1 Å². The first kappa shape index (κ1) is 21.3. The molecule has 1 fully saturated rings. The number of allylic oxidation sites excluding steroid dienone is 2. The van der Waals surface area contributed by atoms with Crippen molar-refractivity contribution in [1.29, 1.82) is 0 Å². The minimum Gasteiger partial charge on any atom is -0.358 e. The van der Waals surface area contributed by atoms with Crippen LogP contribution in [-0.4, -0.2) is 9.52 Å². The number of rotatable bonds is 2. The molecule has 0 saturated carbocycles. The summed E-state index contributed by atoms with van der Waals surface area (Å²) in [7, 11) is 1.31. The molecule has 1 saturated heterocycles. The van der Waals surface area contributed by atoms with Crippen LogP contribution in [0.2, 0.25) is 12.1 Å². The van der Waals surface area contributed by atoms with Crippen molar-refractivity contribution in [2.75, 3.05) is 0 Å². The Hall–Kier alpha value is -0.980. The molecular formula is C24H26SiZr. The van der Waals surface area contributed by atoms with E-state index in [0.29, 0.717) is 11.8 Å². The molecule has 2 aromatic carbocycles. The van der Waals surface area contributed by atoms with Crippen molar-refractivity contribution in [2.24, 2.45) is 0 Å². The van der Waals surface area contributed by atoms with Crippen LogP contribution in [-0.2, 0) is 26.2 Å². The first-order valence-corrected chi connectivity index (χ1v) is 10.4. The first-order chi connectivity index (χ1) is 11.9. The fraction of sp³-hybridized carbons (Fsp3) is 0.250. The van der Waals surface area contributed by atoms with Crippen LogP contribution in [0.3, 0.4) is 0 Å². The van der Waals surface area contributed by atoms with Gasteiger partial charge in [-0.25, -0.2) is 0 Å². The largest absolute Gasteiger partial charge is 2.00 e. The zero-order chi connectivity index (χ0) is 16.2. The van der Waals surface area contributed by atoms with Crippen molar-refractivity contribution in [1.82, 2.24) is 0 Å². The molecule has 2 radical (unpaired) electrons. The van der Waals surface area contributed by atoms with E-state index >= 15 is 0 Å². The quantitative estimate of drug-likeness (QED) is 0.370. The van der Waals surface area contributed by atoms with Gasteiger partial charge < -0.3 is 13.8 Å². The predicted molar refractivity (Wildman–Crippen MR) is 112 cm³/mol. The van der Waals surface area contributed by atoms with Gasteiger partial charge in [-0.15, -0.1) is 24.0 Å². The molecule has 1 aliphatic heterocycles. The van der Waals surface area contributed by atoms with Gasteiger partial charge in [-0.3, -0.25) is 0 Å². The Morgan fingerprint density at radius 1 is 0.731 bits per heavy atom. The van der Waals surface area contributed by atoms with E-state index in [4.69, 9.17) is 0 Å². The van der Waals surface area contributed by atoms with E-state index in [1.807, 2.05) is 0 Å². The van der Waals surface area contributed by atoms with Crippen molar-refractivity contribution in [3.8, 4) is 0 Å². The Morgan fingerprint density at radius 3 is 1.62 bits per heavy atom. The summed E-state index contributed by atoms with van der Waals surface area (Å²) in [6, 6.07) is 20.4. The van der Waals surface area contributed by atoms with Gasteiger partial charge in [-0.1, -0.05) is 96.7 Å². The molecule has 1 heterocycles. The third kappa shape index (κ3) is 4.84. The molecule has 0 bridgehead atoms. The molecule has 0 nitrogen and oxygen atoms in total. The Balaban J connectivity index is 0.000000304. The SMILES string of the molecule is C1=CC([CH-]C2C=Cc3ccccc32)c2ccccc21.C1CC[Si]C1.[CH3-].[Zr+2]. The van der Waals surface area contributed by atoms with E-state index in [2.05, 4.69) is 79.3 Å². The van der Waals surface area contributed by atoms with Gasteiger partial charge in [0, 0.05) is 9.52 Å². The number of benzene rings is 2. The number of hydrogen-bond donors (Lipinski definition) is 0. The maximum absolute atomic E-state index is 2.45. The van der Waals surface area contributed by atoms with Gasteiger partial charge in [0.15, 0.2) is 0 Å². The molecule has 0 spiro atoms. The summed E-state index contributed by atoms with van der Waals surface area (Å²) in [6.07, 6.45) is 14.6. The van der Waals surface area contributed by atoms with Crippen LogP contribution in [0.4, 0.5) is 0 Å². The standard InChI is InChI=1S/C19H15.C4H8Si.CH3.Zr/c1-3-7-18-14(5-1)9-11-16(18)13-17-12-10-15-6-2-4-8-19(15)17;1-2-4-5-3-1;;/h1-13,16-17H;1-4H2;1H3;/q-1;;-1;+2. The van der Waals surface area contributed by atoms with Gasteiger partial charge in [0.2, 0.25) is 0 Å². The van der Waals surface area contributed by atoms with Crippen LogP contribution in [0.1, 0.15) is 46.9 Å². The molecule has 26 heavy (non-hydrogen) atoms. The van der Waals surface area contributed by atoms with Crippen molar-refractivity contribution in [3.63, 3.8) is 0 Å². The summed E-state index contributed by atoms with van der Waals surface area (Å²) in [4.78, 5) is 0. The van der Waals surface area contributed by atoms with Crippen LogP contribution in [0.25, 0.3) is 12.2 Å². The Morgan fingerprint density at radius 2 is 1.19 bits per heavy atom. The Bertz CT molecular complexity index is 691. The summed E-state index contributed by atoms with van der Waals surface area (Å²) in [5.41, 5.74) is 5.58. The van der Waals surface area contributed by atoms with Gasteiger partial charge in [0.05, 0.1) is 0 Å². The molecule has 130 valence electrons. The minimum absolute atomic E-state index is 0. The molecule has 5 rings (SSSR count). The van der Waals surface area contributed by atoms with Gasteiger partial charge >= 0.3 is 26.2 Å². The van der Waals surface area contributed by atoms with E-state index in [9.17, 15) is 0 Å². The third-order valence-corrected chi connectivity index (χ3v) is 6.46. The van der Waals surface area contributed by atoms with E-state index in [0.717, 1.165) is 0 Å².